The van der Waals surface area contributed by atoms with E-state index in [1.54, 1.807) is 13.3 Å². The number of rotatable bonds is 10. The van der Waals surface area contributed by atoms with Gasteiger partial charge in [0.1, 0.15) is 5.75 Å². The first-order chi connectivity index (χ1) is 17.0. The van der Waals surface area contributed by atoms with E-state index < -0.39 is 12.1 Å². The number of carboxylic acid groups (broad SMARTS) is 1. The summed E-state index contributed by atoms with van der Waals surface area (Å²) in [5, 5.41) is 22.6. The number of pyridine rings is 1. The molecule has 0 amide bonds. The number of piperidine rings is 1. The number of methoxy groups -OCH3 is 1. The fourth-order valence-corrected chi connectivity index (χ4v) is 7.11. The summed E-state index contributed by atoms with van der Waals surface area (Å²) in [6.45, 7) is 2.55. The summed E-state index contributed by atoms with van der Waals surface area (Å²) >= 11 is 2.09. The highest BCUT2D eigenvalue weighted by atomic mass is 35.5. The van der Waals surface area contributed by atoms with Crippen LogP contribution >= 0.6 is 36.6 Å². The summed E-state index contributed by atoms with van der Waals surface area (Å²) in [6.07, 6.45) is 11.4. The van der Waals surface area contributed by atoms with Crippen LogP contribution in [-0.2, 0) is 4.79 Å². The Labute approximate surface area is 237 Å². The van der Waals surface area contributed by atoms with Crippen molar-refractivity contribution in [3.8, 4) is 5.75 Å². The molecule has 0 radical (unpaired) electrons. The van der Waals surface area contributed by atoms with E-state index in [0.29, 0.717) is 19.4 Å². The van der Waals surface area contributed by atoms with Gasteiger partial charge in [-0.25, -0.2) is 0 Å². The normalized spacial score (nSPS) is 21.9. The first-order valence-electron chi connectivity index (χ1n) is 13.2. The second-order valence-electron chi connectivity index (χ2n) is 10.2. The first-order valence-corrected chi connectivity index (χ1v) is 14.3. The molecule has 208 valence electrons. The zero-order valence-corrected chi connectivity index (χ0v) is 24.2. The number of fused-ring (bicyclic) bond motifs is 1. The number of hydrogen-bond acceptors (Lipinski definition) is 6. The van der Waals surface area contributed by atoms with Gasteiger partial charge < -0.3 is 19.8 Å². The van der Waals surface area contributed by atoms with E-state index in [4.69, 9.17) is 4.74 Å². The number of aromatic nitrogens is 1. The molecule has 2 N–H and O–H groups in total. The van der Waals surface area contributed by atoms with Crippen LogP contribution in [0.5, 0.6) is 5.75 Å². The fraction of sp³-hybridized carbons (Fsp3) is 0.643. The van der Waals surface area contributed by atoms with Crippen LogP contribution in [0.25, 0.3) is 10.9 Å². The van der Waals surface area contributed by atoms with Gasteiger partial charge in [0.25, 0.3) is 0 Å². The molecule has 1 saturated carbocycles. The lowest BCUT2D eigenvalue weighted by Crippen LogP contribution is -2.44. The van der Waals surface area contributed by atoms with Gasteiger partial charge in [0.2, 0.25) is 0 Å². The molecule has 0 bridgehead atoms. The summed E-state index contributed by atoms with van der Waals surface area (Å²) in [4.78, 5) is 18.9. The lowest BCUT2D eigenvalue weighted by molar-refractivity contribution is -0.146. The van der Waals surface area contributed by atoms with Crippen LogP contribution < -0.4 is 4.74 Å². The Hall–Kier alpha value is -1.25. The van der Waals surface area contributed by atoms with Gasteiger partial charge in [-0.3, -0.25) is 9.78 Å². The van der Waals surface area contributed by atoms with Gasteiger partial charge in [0, 0.05) is 35.7 Å². The minimum absolute atomic E-state index is 0. The zero-order valence-electron chi connectivity index (χ0n) is 21.7. The van der Waals surface area contributed by atoms with Gasteiger partial charge in [0.15, 0.2) is 0 Å². The molecule has 1 aliphatic heterocycles. The molecule has 2 aliphatic rings. The van der Waals surface area contributed by atoms with Crippen molar-refractivity contribution in [2.45, 2.75) is 69.1 Å². The Morgan fingerprint density at radius 3 is 2.62 bits per heavy atom. The van der Waals surface area contributed by atoms with Gasteiger partial charge >= 0.3 is 5.97 Å². The van der Waals surface area contributed by atoms with E-state index in [-0.39, 0.29) is 36.6 Å². The molecule has 3 atom stereocenters. The van der Waals surface area contributed by atoms with Crippen molar-refractivity contribution in [3.63, 3.8) is 0 Å². The van der Waals surface area contributed by atoms with E-state index in [1.165, 1.54) is 38.5 Å². The van der Waals surface area contributed by atoms with Crippen molar-refractivity contribution in [2.24, 2.45) is 11.8 Å². The predicted molar refractivity (Wildman–Crippen MR) is 157 cm³/mol. The minimum Gasteiger partial charge on any atom is -0.497 e. The zero-order chi connectivity index (χ0) is 24.6. The average Bonchev–Trinajstić information content (AvgIpc) is 3.15. The molecule has 1 aromatic carbocycles. The van der Waals surface area contributed by atoms with Gasteiger partial charge in [-0.2, -0.15) is 11.8 Å². The van der Waals surface area contributed by atoms with Crippen molar-refractivity contribution in [1.82, 2.24) is 9.88 Å². The summed E-state index contributed by atoms with van der Waals surface area (Å²) < 4.78 is 5.35. The Morgan fingerprint density at radius 1 is 1.16 bits per heavy atom. The minimum atomic E-state index is -0.704. The number of aliphatic hydroxyl groups excluding tert-OH is 1. The summed E-state index contributed by atoms with van der Waals surface area (Å²) in [5.41, 5.74) is 1.65. The lowest BCUT2D eigenvalue weighted by Gasteiger charge is -2.37. The van der Waals surface area contributed by atoms with Crippen LogP contribution in [0, 0.1) is 11.8 Å². The number of carbonyl (C=O) groups is 1. The average molecular weight is 574 g/mol. The quantitative estimate of drug-likeness (QED) is 0.319. The smallest absolute Gasteiger partial charge is 0.308 e. The van der Waals surface area contributed by atoms with Crippen molar-refractivity contribution in [1.29, 1.82) is 0 Å². The molecule has 4 rings (SSSR count). The number of halogens is 2. The Balaban J connectivity index is 0.00000241. The van der Waals surface area contributed by atoms with Crippen molar-refractivity contribution in [3.05, 3.63) is 36.0 Å². The number of likely N-dealkylation sites (tertiary alicyclic amines) is 1. The van der Waals surface area contributed by atoms with E-state index in [0.717, 1.165) is 52.7 Å². The van der Waals surface area contributed by atoms with Gasteiger partial charge in [-0.1, -0.05) is 25.7 Å². The van der Waals surface area contributed by atoms with E-state index in [9.17, 15) is 15.0 Å². The van der Waals surface area contributed by atoms with Crippen LogP contribution in [0.4, 0.5) is 0 Å². The molecular formula is C28H42Cl2N2O4S. The molecular weight excluding hydrogens is 531 g/mol. The standard InChI is InChI=1S/C28H40N2O4S.2ClH/c1-34-21-9-10-26-24(18-21)23(12-14-29-26)27(31)11-8-20-13-15-30(19-25(20)28(32)33)16-17-35-22-6-4-2-3-5-7-22;;/h9-10,12,14,18,20,22,25,27,31H,2-8,11,13,15-17,19H2,1H3,(H,32,33);2*1H/t20-,25+,27-;;/m1../s1. The maximum absolute atomic E-state index is 12.1. The van der Waals surface area contributed by atoms with Gasteiger partial charge in [-0.05, 0) is 74.4 Å². The number of ether oxygens (including phenoxy) is 1. The second kappa shape index (κ2) is 16.0. The molecule has 2 heterocycles. The number of carboxylic acids is 1. The molecule has 37 heavy (non-hydrogen) atoms. The van der Waals surface area contributed by atoms with E-state index >= 15 is 0 Å². The topological polar surface area (TPSA) is 82.9 Å². The molecule has 1 aromatic heterocycles. The third-order valence-corrected chi connectivity index (χ3v) is 9.23. The highest BCUT2D eigenvalue weighted by Crippen LogP contribution is 2.34. The highest BCUT2D eigenvalue weighted by molar-refractivity contribution is 7.99. The fourth-order valence-electron chi connectivity index (χ4n) is 5.75. The van der Waals surface area contributed by atoms with Gasteiger partial charge in [-0.15, -0.1) is 24.8 Å². The predicted octanol–water partition coefficient (Wildman–Crippen LogP) is 6.38. The third kappa shape index (κ3) is 8.89. The number of aliphatic carboxylic acids is 1. The Bertz CT molecular complexity index is 974. The molecule has 2 aromatic rings. The van der Waals surface area contributed by atoms with Crippen molar-refractivity contribution >= 4 is 53.4 Å². The van der Waals surface area contributed by atoms with E-state index in [1.807, 2.05) is 24.3 Å². The molecule has 0 spiro atoms. The highest BCUT2D eigenvalue weighted by Gasteiger charge is 2.34. The summed E-state index contributed by atoms with van der Waals surface area (Å²) in [6, 6.07) is 7.53. The molecule has 6 nitrogen and oxygen atoms in total. The second-order valence-corrected chi connectivity index (χ2v) is 11.6. The number of thioether (sulfide) groups is 1. The van der Waals surface area contributed by atoms with Crippen LogP contribution in [0.15, 0.2) is 30.5 Å². The molecule has 2 fully saturated rings. The Morgan fingerprint density at radius 2 is 1.92 bits per heavy atom. The van der Waals surface area contributed by atoms with Crippen LogP contribution in [0.1, 0.15) is 69.5 Å². The first kappa shape index (κ1) is 32.0. The summed E-state index contributed by atoms with van der Waals surface area (Å²) in [5.74, 6) is 0.849. The number of hydrogen-bond donors (Lipinski definition) is 2. The number of aliphatic hydroxyl groups is 1. The molecule has 1 aliphatic carbocycles. The van der Waals surface area contributed by atoms with Gasteiger partial charge in [0.05, 0.1) is 24.6 Å². The van der Waals surface area contributed by atoms with Crippen LogP contribution in [-0.4, -0.2) is 63.8 Å². The van der Waals surface area contributed by atoms with Crippen LogP contribution in [0.2, 0.25) is 0 Å². The van der Waals surface area contributed by atoms with E-state index in [2.05, 4.69) is 21.6 Å². The Kier molecular flexibility index (Phi) is 13.8. The molecule has 1 saturated heterocycles. The largest absolute Gasteiger partial charge is 0.497 e. The van der Waals surface area contributed by atoms with Crippen LogP contribution in [0.3, 0.4) is 0 Å². The third-order valence-electron chi connectivity index (χ3n) is 7.87. The number of benzene rings is 1. The van der Waals surface area contributed by atoms with Crippen molar-refractivity contribution in [2.75, 3.05) is 32.5 Å². The summed E-state index contributed by atoms with van der Waals surface area (Å²) in [7, 11) is 1.63. The molecule has 9 heteroatoms. The monoisotopic (exact) mass is 572 g/mol. The maximum Gasteiger partial charge on any atom is 0.308 e. The maximum atomic E-state index is 12.1. The number of nitrogens with zero attached hydrogens (tertiary/aromatic N) is 2. The van der Waals surface area contributed by atoms with Crippen molar-refractivity contribution < 1.29 is 19.7 Å². The molecule has 0 unspecified atom stereocenters. The SMILES string of the molecule is COc1ccc2nccc([C@H](O)CC[C@@H]3CCN(CCSC4CCCCCC4)C[C@@H]3C(=O)O)c2c1.Cl.Cl. The lowest BCUT2D eigenvalue weighted by atomic mass is 9.81.